The summed E-state index contributed by atoms with van der Waals surface area (Å²) in [6, 6.07) is 20.5. The van der Waals surface area contributed by atoms with Gasteiger partial charge in [-0.1, -0.05) is 36.4 Å². The second kappa shape index (κ2) is 12.1. The van der Waals surface area contributed by atoms with Crippen LogP contribution in [0.4, 0.5) is 10.5 Å². The van der Waals surface area contributed by atoms with Crippen LogP contribution in [0.5, 0.6) is 17.2 Å². The quantitative estimate of drug-likeness (QED) is 0.137. The summed E-state index contributed by atoms with van der Waals surface area (Å²) in [6.07, 6.45) is 1.63. The SMILES string of the molecule is CCOc1cc(/C=C2\SC(=O)N(Cc3ccc([N+](=O)[O-])cc3)C2=O)ccc1OCCOc1ccccc1. The standard InChI is InChI=1S/C27H24N2O7S/c1-2-34-24-16-20(10-13-23(24)36-15-14-35-22-6-4-3-5-7-22)17-25-26(30)28(27(31)37-25)18-19-8-11-21(12-9-19)29(32)33/h3-13,16-17H,2,14-15,18H2,1H3/b25-17-. The number of hydrogen-bond donors (Lipinski definition) is 0. The molecule has 0 aromatic heterocycles. The number of para-hydroxylation sites is 1. The maximum atomic E-state index is 12.9. The molecule has 1 heterocycles. The molecule has 37 heavy (non-hydrogen) atoms. The van der Waals surface area contributed by atoms with Crippen molar-refractivity contribution in [3.8, 4) is 17.2 Å². The second-order valence-electron chi connectivity index (χ2n) is 7.84. The molecule has 1 aliphatic rings. The topological polar surface area (TPSA) is 108 Å². The average molecular weight is 521 g/mol. The lowest BCUT2D eigenvalue weighted by Gasteiger charge is -2.13. The van der Waals surface area contributed by atoms with Crippen LogP contribution in [0.2, 0.25) is 0 Å². The van der Waals surface area contributed by atoms with Crippen molar-refractivity contribution < 1.29 is 28.7 Å². The number of rotatable bonds is 11. The molecule has 0 N–H and O–H groups in total. The first-order chi connectivity index (χ1) is 17.9. The summed E-state index contributed by atoms with van der Waals surface area (Å²) in [7, 11) is 0. The van der Waals surface area contributed by atoms with E-state index in [9.17, 15) is 19.7 Å². The zero-order chi connectivity index (χ0) is 26.2. The number of non-ortho nitro benzene ring substituents is 1. The smallest absolute Gasteiger partial charge is 0.293 e. The van der Waals surface area contributed by atoms with E-state index < -0.39 is 16.1 Å². The Bertz CT molecular complexity index is 1310. The molecule has 0 unspecified atom stereocenters. The molecule has 190 valence electrons. The van der Waals surface area contributed by atoms with Crippen LogP contribution >= 0.6 is 11.8 Å². The number of nitro benzene ring substituents is 1. The lowest BCUT2D eigenvalue weighted by Crippen LogP contribution is -2.27. The molecule has 3 aromatic carbocycles. The Hall–Kier alpha value is -4.31. The molecule has 0 radical (unpaired) electrons. The molecule has 10 heteroatoms. The predicted octanol–water partition coefficient (Wildman–Crippen LogP) is 5.69. The Labute approximate surface area is 217 Å². The minimum atomic E-state index is -0.502. The second-order valence-corrected chi connectivity index (χ2v) is 8.83. The molecular weight excluding hydrogens is 496 g/mol. The number of thioether (sulfide) groups is 1. The number of nitro groups is 1. The van der Waals surface area contributed by atoms with E-state index in [0.29, 0.717) is 42.4 Å². The van der Waals surface area contributed by atoms with Crippen molar-refractivity contribution in [2.45, 2.75) is 13.5 Å². The third kappa shape index (κ3) is 6.68. The molecule has 1 fully saturated rings. The molecule has 0 bridgehead atoms. The van der Waals surface area contributed by atoms with Crippen molar-refractivity contribution >= 4 is 34.7 Å². The number of imide groups is 1. The van der Waals surface area contributed by atoms with Gasteiger partial charge in [0.1, 0.15) is 19.0 Å². The van der Waals surface area contributed by atoms with E-state index in [4.69, 9.17) is 14.2 Å². The van der Waals surface area contributed by atoms with Gasteiger partial charge in [-0.15, -0.1) is 0 Å². The molecule has 1 saturated heterocycles. The number of benzene rings is 3. The van der Waals surface area contributed by atoms with Crippen molar-refractivity contribution in [1.29, 1.82) is 0 Å². The molecule has 0 aliphatic carbocycles. The molecule has 2 amide bonds. The van der Waals surface area contributed by atoms with E-state index in [0.717, 1.165) is 22.4 Å². The third-order valence-electron chi connectivity index (χ3n) is 5.28. The summed E-state index contributed by atoms with van der Waals surface area (Å²) in [5, 5.41) is 10.4. The van der Waals surface area contributed by atoms with Gasteiger partial charge in [0.2, 0.25) is 0 Å². The molecule has 0 spiro atoms. The first-order valence-corrected chi connectivity index (χ1v) is 12.3. The monoisotopic (exact) mass is 520 g/mol. The van der Waals surface area contributed by atoms with Gasteiger partial charge >= 0.3 is 0 Å². The number of amides is 2. The fourth-order valence-corrected chi connectivity index (χ4v) is 4.36. The van der Waals surface area contributed by atoms with E-state index in [1.54, 1.807) is 24.3 Å². The number of carbonyl (C=O) groups excluding carboxylic acids is 2. The van der Waals surface area contributed by atoms with Crippen LogP contribution in [0, 0.1) is 10.1 Å². The Morgan fingerprint density at radius 2 is 1.65 bits per heavy atom. The van der Waals surface area contributed by atoms with Crippen LogP contribution in [-0.4, -0.2) is 40.8 Å². The number of hydrogen-bond acceptors (Lipinski definition) is 8. The number of carbonyl (C=O) groups is 2. The highest BCUT2D eigenvalue weighted by Gasteiger charge is 2.35. The Kier molecular flexibility index (Phi) is 8.42. The van der Waals surface area contributed by atoms with Gasteiger partial charge < -0.3 is 14.2 Å². The summed E-state index contributed by atoms with van der Waals surface area (Å²) in [5.74, 6) is 1.39. The Morgan fingerprint density at radius 1 is 0.919 bits per heavy atom. The van der Waals surface area contributed by atoms with Crippen molar-refractivity contribution in [3.05, 3.63) is 98.9 Å². The maximum absolute atomic E-state index is 12.9. The van der Waals surface area contributed by atoms with Crippen LogP contribution in [0.3, 0.4) is 0 Å². The third-order valence-corrected chi connectivity index (χ3v) is 6.19. The molecule has 0 atom stereocenters. The van der Waals surface area contributed by atoms with Gasteiger partial charge in [-0.2, -0.15) is 0 Å². The highest BCUT2D eigenvalue weighted by Crippen LogP contribution is 2.35. The van der Waals surface area contributed by atoms with Crippen molar-refractivity contribution in [2.24, 2.45) is 0 Å². The lowest BCUT2D eigenvalue weighted by molar-refractivity contribution is -0.384. The van der Waals surface area contributed by atoms with Gasteiger partial charge in [0, 0.05) is 12.1 Å². The molecular formula is C27H24N2O7S. The van der Waals surface area contributed by atoms with E-state index in [1.807, 2.05) is 37.3 Å². The summed E-state index contributed by atoms with van der Waals surface area (Å²) < 4.78 is 17.2. The fraction of sp³-hybridized carbons (Fsp3) is 0.185. The number of nitrogens with zero attached hydrogens (tertiary/aromatic N) is 2. The van der Waals surface area contributed by atoms with E-state index in [1.165, 1.54) is 24.3 Å². The summed E-state index contributed by atoms with van der Waals surface area (Å²) >= 11 is 0.844. The van der Waals surface area contributed by atoms with Gasteiger partial charge in [0.25, 0.3) is 16.8 Å². The van der Waals surface area contributed by atoms with Gasteiger partial charge in [0.05, 0.1) is 23.0 Å². The summed E-state index contributed by atoms with van der Waals surface area (Å²) in [4.78, 5) is 37.1. The van der Waals surface area contributed by atoms with Crippen molar-refractivity contribution in [2.75, 3.05) is 19.8 Å². The van der Waals surface area contributed by atoms with Gasteiger partial charge in [-0.25, -0.2) is 0 Å². The first-order valence-electron chi connectivity index (χ1n) is 11.5. The van der Waals surface area contributed by atoms with Crippen LogP contribution < -0.4 is 14.2 Å². The predicted molar refractivity (Wildman–Crippen MR) is 140 cm³/mol. The Morgan fingerprint density at radius 3 is 2.35 bits per heavy atom. The zero-order valence-electron chi connectivity index (χ0n) is 20.0. The highest BCUT2D eigenvalue weighted by atomic mass is 32.2. The normalized spacial score (nSPS) is 14.2. The molecule has 4 rings (SSSR count). The fourth-order valence-electron chi connectivity index (χ4n) is 3.52. The summed E-state index contributed by atoms with van der Waals surface area (Å²) in [5.41, 5.74) is 1.24. The minimum absolute atomic E-state index is 0.0298. The molecule has 9 nitrogen and oxygen atoms in total. The lowest BCUT2D eigenvalue weighted by atomic mass is 10.1. The number of ether oxygens (including phenoxy) is 3. The minimum Gasteiger partial charge on any atom is -0.490 e. The summed E-state index contributed by atoms with van der Waals surface area (Å²) in [6.45, 7) is 2.99. The maximum Gasteiger partial charge on any atom is 0.293 e. The van der Waals surface area contributed by atoms with Crippen LogP contribution in [0.15, 0.2) is 77.7 Å². The highest BCUT2D eigenvalue weighted by molar-refractivity contribution is 8.18. The Balaban J connectivity index is 1.41. The van der Waals surface area contributed by atoms with E-state index >= 15 is 0 Å². The average Bonchev–Trinajstić information content (AvgIpc) is 3.16. The van der Waals surface area contributed by atoms with Crippen LogP contribution in [-0.2, 0) is 11.3 Å². The van der Waals surface area contributed by atoms with Crippen LogP contribution in [0.25, 0.3) is 6.08 Å². The van der Waals surface area contributed by atoms with E-state index in [2.05, 4.69) is 0 Å². The largest absolute Gasteiger partial charge is 0.490 e. The van der Waals surface area contributed by atoms with Crippen LogP contribution in [0.1, 0.15) is 18.1 Å². The van der Waals surface area contributed by atoms with Crippen molar-refractivity contribution in [1.82, 2.24) is 4.90 Å². The molecule has 3 aromatic rings. The van der Waals surface area contributed by atoms with Gasteiger partial charge in [-0.05, 0) is 60.2 Å². The van der Waals surface area contributed by atoms with Crippen molar-refractivity contribution in [3.63, 3.8) is 0 Å². The molecule has 1 aliphatic heterocycles. The van der Waals surface area contributed by atoms with Gasteiger partial charge in [-0.3, -0.25) is 24.6 Å². The van der Waals surface area contributed by atoms with E-state index in [-0.39, 0.29) is 17.1 Å². The zero-order valence-corrected chi connectivity index (χ0v) is 20.8. The van der Waals surface area contributed by atoms with Gasteiger partial charge in [0.15, 0.2) is 11.5 Å². The molecule has 0 saturated carbocycles. The first kappa shape index (κ1) is 25.8.